The maximum atomic E-state index is 12.3. The second-order valence-electron chi connectivity index (χ2n) is 8.15. The summed E-state index contributed by atoms with van der Waals surface area (Å²) in [6, 6.07) is 25.2. The predicted octanol–water partition coefficient (Wildman–Crippen LogP) is 5.59. The standard InChI is InChI=1S/C27H29NO3/c1-19(2)17-21-9-11-22(12-10-21)20(3)28-26(29)18-31-27(30)25-15-13-24(14-16-25)23-7-5-4-6-8-23/h4-16,19-20H,17-18H2,1-3H3,(H,28,29)/t20-/m1/s1. The number of hydrogen-bond acceptors (Lipinski definition) is 3. The Morgan fingerprint density at radius 3 is 2.03 bits per heavy atom. The van der Waals surface area contributed by atoms with E-state index in [4.69, 9.17) is 4.74 Å². The van der Waals surface area contributed by atoms with Gasteiger partial charge in [-0.2, -0.15) is 0 Å². The third-order valence-corrected chi connectivity index (χ3v) is 5.06. The van der Waals surface area contributed by atoms with Crippen LogP contribution in [0.15, 0.2) is 78.9 Å². The highest BCUT2D eigenvalue weighted by atomic mass is 16.5. The molecule has 3 aromatic carbocycles. The number of rotatable bonds is 8. The summed E-state index contributed by atoms with van der Waals surface area (Å²) in [5.74, 6) is -0.235. The van der Waals surface area contributed by atoms with Gasteiger partial charge in [-0.3, -0.25) is 4.79 Å². The Morgan fingerprint density at radius 2 is 1.42 bits per heavy atom. The molecule has 0 aliphatic carbocycles. The summed E-state index contributed by atoms with van der Waals surface area (Å²) in [5.41, 5.74) is 4.81. The molecule has 0 saturated carbocycles. The molecule has 0 aliphatic heterocycles. The fourth-order valence-corrected chi connectivity index (χ4v) is 3.42. The summed E-state index contributed by atoms with van der Waals surface area (Å²) in [6.07, 6.45) is 1.03. The van der Waals surface area contributed by atoms with E-state index < -0.39 is 5.97 Å². The third-order valence-electron chi connectivity index (χ3n) is 5.06. The molecule has 1 N–H and O–H groups in total. The number of carbonyl (C=O) groups excluding carboxylic acids is 2. The van der Waals surface area contributed by atoms with E-state index in [0.717, 1.165) is 23.1 Å². The summed E-state index contributed by atoms with van der Waals surface area (Å²) < 4.78 is 5.18. The Balaban J connectivity index is 1.49. The zero-order valence-electron chi connectivity index (χ0n) is 18.3. The lowest BCUT2D eigenvalue weighted by Crippen LogP contribution is -2.31. The zero-order valence-corrected chi connectivity index (χ0v) is 18.3. The number of ether oxygens (including phenoxy) is 1. The Bertz CT molecular complexity index is 993. The number of amides is 1. The monoisotopic (exact) mass is 415 g/mol. The summed E-state index contributed by atoms with van der Waals surface area (Å²) in [6.45, 7) is 5.99. The largest absolute Gasteiger partial charge is 0.452 e. The fourth-order valence-electron chi connectivity index (χ4n) is 3.42. The van der Waals surface area contributed by atoms with Gasteiger partial charge in [0.15, 0.2) is 6.61 Å². The molecule has 0 bridgehead atoms. The van der Waals surface area contributed by atoms with Crippen molar-refractivity contribution in [3.8, 4) is 11.1 Å². The third kappa shape index (κ3) is 6.54. The number of carbonyl (C=O) groups is 2. The topological polar surface area (TPSA) is 55.4 Å². The van der Waals surface area contributed by atoms with Crippen molar-refractivity contribution in [2.75, 3.05) is 6.61 Å². The normalized spacial score (nSPS) is 11.7. The average molecular weight is 416 g/mol. The second-order valence-corrected chi connectivity index (χ2v) is 8.15. The van der Waals surface area contributed by atoms with Crippen molar-refractivity contribution in [2.24, 2.45) is 5.92 Å². The van der Waals surface area contributed by atoms with Crippen LogP contribution in [-0.2, 0) is 16.0 Å². The van der Waals surface area contributed by atoms with Crippen molar-refractivity contribution in [3.05, 3.63) is 95.6 Å². The quantitative estimate of drug-likeness (QED) is 0.488. The average Bonchev–Trinajstić information content (AvgIpc) is 2.78. The highest BCUT2D eigenvalue weighted by Gasteiger charge is 2.13. The number of benzene rings is 3. The van der Waals surface area contributed by atoms with Gasteiger partial charge in [0.05, 0.1) is 11.6 Å². The maximum absolute atomic E-state index is 12.3. The molecular formula is C27H29NO3. The number of hydrogen-bond donors (Lipinski definition) is 1. The van der Waals surface area contributed by atoms with Crippen LogP contribution in [0.5, 0.6) is 0 Å². The van der Waals surface area contributed by atoms with Crippen molar-refractivity contribution in [3.63, 3.8) is 0 Å². The van der Waals surface area contributed by atoms with Gasteiger partial charge in [0.1, 0.15) is 0 Å². The summed E-state index contributed by atoms with van der Waals surface area (Å²) >= 11 is 0. The molecule has 3 rings (SSSR count). The van der Waals surface area contributed by atoms with Gasteiger partial charge in [-0.15, -0.1) is 0 Å². The molecule has 1 amide bonds. The first-order valence-corrected chi connectivity index (χ1v) is 10.6. The van der Waals surface area contributed by atoms with Gasteiger partial charge >= 0.3 is 5.97 Å². The summed E-state index contributed by atoms with van der Waals surface area (Å²) in [7, 11) is 0. The van der Waals surface area contributed by atoms with Crippen LogP contribution < -0.4 is 5.32 Å². The molecule has 0 saturated heterocycles. The van der Waals surface area contributed by atoms with E-state index in [1.807, 2.05) is 61.5 Å². The molecule has 0 aliphatic rings. The Morgan fingerprint density at radius 1 is 0.806 bits per heavy atom. The van der Waals surface area contributed by atoms with Crippen LogP contribution in [0.3, 0.4) is 0 Å². The lowest BCUT2D eigenvalue weighted by atomic mass is 10.00. The maximum Gasteiger partial charge on any atom is 0.338 e. The van der Waals surface area contributed by atoms with E-state index in [2.05, 4.69) is 31.3 Å². The first-order chi connectivity index (χ1) is 14.9. The first kappa shape index (κ1) is 22.3. The van der Waals surface area contributed by atoms with Crippen molar-refractivity contribution in [2.45, 2.75) is 33.2 Å². The van der Waals surface area contributed by atoms with E-state index in [9.17, 15) is 9.59 Å². The molecule has 1 atom stereocenters. The van der Waals surface area contributed by atoms with Crippen molar-refractivity contribution < 1.29 is 14.3 Å². The minimum Gasteiger partial charge on any atom is -0.452 e. The van der Waals surface area contributed by atoms with Crippen molar-refractivity contribution in [1.29, 1.82) is 0 Å². The van der Waals surface area contributed by atoms with Crippen LogP contribution in [0.2, 0.25) is 0 Å². The second kappa shape index (κ2) is 10.6. The lowest BCUT2D eigenvalue weighted by Gasteiger charge is -2.15. The first-order valence-electron chi connectivity index (χ1n) is 10.6. The Hall–Kier alpha value is -3.40. The number of esters is 1. The van der Waals surface area contributed by atoms with E-state index in [1.165, 1.54) is 5.56 Å². The molecule has 160 valence electrons. The molecule has 4 heteroatoms. The van der Waals surface area contributed by atoms with Gasteiger partial charge < -0.3 is 10.1 Å². The molecule has 4 nitrogen and oxygen atoms in total. The fraction of sp³-hybridized carbons (Fsp3) is 0.259. The summed E-state index contributed by atoms with van der Waals surface area (Å²) in [5, 5.41) is 2.88. The van der Waals surface area contributed by atoms with Gasteiger partial charge in [-0.1, -0.05) is 80.6 Å². The molecule has 0 aromatic heterocycles. The Labute approximate surface area is 184 Å². The molecule has 0 fully saturated rings. The molecule has 0 unspecified atom stereocenters. The van der Waals surface area contributed by atoms with Crippen LogP contribution >= 0.6 is 0 Å². The van der Waals surface area contributed by atoms with Gasteiger partial charge in [0.2, 0.25) is 0 Å². The highest BCUT2D eigenvalue weighted by Crippen LogP contribution is 2.19. The molecule has 0 spiro atoms. The predicted molar refractivity (Wildman–Crippen MR) is 124 cm³/mol. The lowest BCUT2D eigenvalue weighted by molar-refractivity contribution is -0.124. The zero-order chi connectivity index (χ0) is 22.2. The van der Waals surface area contributed by atoms with Crippen LogP contribution in [-0.4, -0.2) is 18.5 Å². The Kier molecular flexibility index (Phi) is 7.60. The van der Waals surface area contributed by atoms with E-state index >= 15 is 0 Å². The smallest absolute Gasteiger partial charge is 0.338 e. The van der Waals surface area contributed by atoms with Gasteiger partial charge in [0.25, 0.3) is 5.91 Å². The van der Waals surface area contributed by atoms with Gasteiger partial charge in [-0.25, -0.2) is 4.79 Å². The van der Waals surface area contributed by atoms with Crippen LogP contribution in [0, 0.1) is 5.92 Å². The molecule has 3 aromatic rings. The van der Waals surface area contributed by atoms with Crippen LogP contribution in [0.4, 0.5) is 0 Å². The van der Waals surface area contributed by atoms with Gasteiger partial charge in [0, 0.05) is 0 Å². The van der Waals surface area contributed by atoms with Crippen LogP contribution in [0.1, 0.15) is 48.3 Å². The molecular weight excluding hydrogens is 386 g/mol. The van der Waals surface area contributed by atoms with Crippen LogP contribution in [0.25, 0.3) is 11.1 Å². The molecule has 31 heavy (non-hydrogen) atoms. The van der Waals surface area contributed by atoms with E-state index in [0.29, 0.717) is 11.5 Å². The molecule has 0 radical (unpaired) electrons. The highest BCUT2D eigenvalue weighted by molar-refractivity contribution is 5.91. The minimum atomic E-state index is -0.513. The minimum absolute atomic E-state index is 0.163. The van der Waals surface area contributed by atoms with Crippen molar-refractivity contribution in [1.82, 2.24) is 5.32 Å². The number of nitrogens with one attached hydrogen (secondary N) is 1. The summed E-state index contributed by atoms with van der Waals surface area (Å²) in [4.78, 5) is 24.5. The van der Waals surface area contributed by atoms with E-state index in [-0.39, 0.29) is 18.6 Å². The van der Waals surface area contributed by atoms with E-state index in [1.54, 1.807) is 12.1 Å². The molecule has 0 heterocycles. The van der Waals surface area contributed by atoms with Crippen molar-refractivity contribution >= 4 is 11.9 Å². The SMILES string of the molecule is CC(C)Cc1ccc([C@@H](C)NC(=O)COC(=O)c2ccc(-c3ccccc3)cc2)cc1. The van der Waals surface area contributed by atoms with Gasteiger partial charge in [-0.05, 0) is 53.6 Å².